The minimum atomic E-state index is -1.15. The van der Waals surface area contributed by atoms with E-state index in [1.54, 1.807) is 0 Å². The molecule has 19 heavy (non-hydrogen) atoms. The van der Waals surface area contributed by atoms with E-state index in [4.69, 9.17) is 16.2 Å². The summed E-state index contributed by atoms with van der Waals surface area (Å²) < 4.78 is 31.7. The summed E-state index contributed by atoms with van der Waals surface area (Å²) in [5, 5.41) is 0. The Morgan fingerprint density at radius 2 is 1.84 bits per heavy atom. The lowest BCUT2D eigenvalue weighted by Crippen LogP contribution is -2.12. The van der Waals surface area contributed by atoms with Crippen LogP contribution in [0.3, 0.4) is 0 Å². The van der Waals surface area contributed by atoms with Gasteiger partial charge in [0.25, 0.3) is 5.91 Å². The van der Waals surface area contributed by atoms with Crippen molar-refractivity contribution in [2.45, 2.75) is 0 Å². The molecular weight excluding hydrogens is 254 g/mol. The van der Waals surface area contributed by atoms with Crippen molar-refractivity contribution in [2.75, 3.05) is 5.73 Å². The molecule has 0 unspecified atom stereocenters. The van der Waals surface area contributed by atoms with E-state index in [9.17, 15) is 13.6 Å². The van der Waals surface area contributed by atoms with E-state index >= 15 is 0 Å². The van der Waals surface area contributed by atoms with Crippen LogP contribution in [0.2, 0.25) is 0 Å². The molecule has 0 heterocycles. The summed E-state index contributed by atoms with van der Waals surface area (Å²) >= 11 is 0. The molecule has 98 valence electrons. The van der Waals surface area contributed by atoms with Gasteiger partial charge in [0.15, 0.2) is 11.6 Å². The van der Waals surface area contributed by atoms with Gasteiger partial charge in [0, 0.05) is 11.8 Å². The summed E-state index contributed by atoms with van der Waals surface area (Å²) in [6.07, 6.45) is 0. The number of nitrogens with two attached hydrogens (primary N) is 2. The van der Waals surface area contributed by atoms with Crippen molar-refractivity contribution in [1.29, 1.82) is 0 Å². The highest BCUT2D eigenvalue weighted by atomic mass is 19.2. The SMILES string of the molecule is NC(=O)c1ccc(N)cc1Oc1cccc(F)c1F. The van der Waals surface area contributed by atoms with Crippen molar-refractivity contribution in [3.8, 4) is 11.5 Å². The Bertz CT molecular complexity index is 645. The molecule has 0 radical (unpaired) electrons. The number of nitrogen functional groups attached to an aromatic ring is 1. The first-order chi connectivity index (χ1) is 8.99. The standard InChI is InChI=1S/C13H10F2N2O2/c14-9-2-1-3-10(12(9)15)19-11-6-7(16)4-5-8(11)13(17)18/h1-6H,16H2,(H2,17,18). The van der Waals surface area contributed by atoms with Gasteiger partial charge in [-0.3, -0.25) is 4.79 Å². The maximum atomic E-state index is 13.5. The maximum absolute atomic E-state index is 13.5. The molecule has 0 fully saturated rings. The minimum absolute atomic E-state index is 0.0258. The Labute approximate surface area is 107 Å². The first-order valence-electron chi connectivity index (χ1n) is 5.30. The number of hydrogen-bond donors (Lipinski definition) is 2. The minimum Gasteiger partial charge on any atom is -0.453 e. The van der Waals surface area contributed by atoms with E-state index in [1.165, 1.54) is 30.3 Å². The number of hydrogen-bond acceptors (Lipinski definition) is 3. The number of halogens is 2. The molecule has 0 aliphatic carbocycles. The molecule has 0 aromatic heterocycles. The van der Waals surface area contributed by atoms with E-state index in [2.05, 4.69) is 0 Å². The monoisotopic (exact) mass is 264 g/mol. The number of amides is 1. The van der Waals surface area contributed by atoms with Crippen LogP contribution in [0.1, 0.15) is 10.4 Å². The molecule has 0 saturated heterocycles. The summed E-state index contributed by atoms with van der Waals surface area (Å²) in [4.78, 5) is 11.2. The lowest BCUT2D eigenvalue weighted by atomic mass is 10.1. The molecule has 6 heteroatoms. The number of benzene rings is 2. The van der Waals surface area contributed by atoms with Crippen molar-refractivity contribution >= 4 is 11.6 Å². The van der Waals surface area contributed by atoms with Crippen LogP contribution in [-0.4, -0.2) is 5.91 Å². The van der Waals surface area contributed by atoms with Crippen LogP contribution in [0.4, 0.5) is 14.5 Å². The van der Waals surface area contributed by atoms with Crippen molar-refractivity contribution in [1.82, 2.24) is 0 Å². The molecule has 1 amide bonds. The third-order valence-electron chi connectivity index (χ3n) is 2.41. The molecule has 0 bridgehead atoms. The number of anilines is 1. The largest absolute Gasteiger partial charge is 0.453 e. The highest BCUT2D eigenvalue weighted by Crippen LogP contribution is 2.29. The van der Waals surface area contributed by atoms with Gasteiger partial charge in [-0.2, -0.15) is 4.39 Å². The van der Waals surface area contributed by atoms with Crippen molar-refractivity contribution < 1.29 is 18.3 Å². The Hall–Kier alpha value is -2.63. The van der Waals surface area contributed by atoms with Crippen LogP contribution in [0.25, 0.3) is 0 Å². The highest BCUT2D eigenvalue weighted by molar-refractivity contribution is 5.96. The summed E-state index contributed by atoms with van der Waals surface area (Å²) in [7, 11) is 0. The second-order valence-corrected chi connectivity index (χ2v) is 3.77. The second kappa shape index (κ2) is 4.93. The van der Waals surface area contributed by atoms with Crippen LogP contribution in [0.15, 0.2) is 36.4 Å². The molecule has 0 saturated carbocycles. The highest BCUT2D eigenvalue weighted by Gasteiger charge is 2.14. The van der Waals surface area contributed by atoms with E-state index < -0.39 is 17.5 Å². The molecule has 2 aromatic rings. The number of carbonyl (C=O) groups excluding carboxylic acids is 1. The number of ether oxygens (including phenoxy) is 1. The maximum Gasteiger partial charge on any atom is 0.252 e. The number of rotatable bonds is 3. The predicted molar refractivity (Wildman–Crippen MR) is 65.8 cm³/mol. The van der Waals surface area contributed by atoms with E-state index in [1.807, 2.05) is 0 Å². The van der Waals surface area contributed by atoms with Gasteiger partial charge in [0.2, 0.25) is 5.82 Å². The van der Waals surface area contributed by atoms with Gasteiger partial charge in [-0.15, -0.1) is 0 Å². The molecule has 2 rings (SSSR count). The first-order valence-corrected chi connectivity index (χ1v) is 5.30. The first kappa shape index (κ1) is 12.8. The molecule has 4 N–H and O–H groups in total. The second-order valence-electron chi connectivity index (χ2n) is 3.77. The Morgan fingerprint density at radius 1 is 1.11 bits per heavy atom. The van der Waals surface area contributed by atoms with Gasteiger partial charge in [-0.05, 0) is 24.3 Å². The fraction of sp³-hybridized carbons (Fsp3) is 0. The molecule has 0 aliphatic rings. The quantitative estimate of drug-likeness (QED) is 0.836. The molecule has 0 aliphatic heterocycles. The van der Waals surface area contributed by atoms with E-state index in [0.717, 1.165) is 6.07 Å². The van der Waals surface area contributed by atoms with Crippen molar-refractivity contribution in [2.24, 2.45) is 5.73 Å². The van der Waals surface area contributed by atoms with Crippen LogP contribution in [-0.2, 0) is 0 Å². The summed E-state index contributed by atoms with van der Waals surface area (Å²) in [5.41, 5.74) is 11.0. The fourth-order valence-electron chi connectivity index (χ4n) is 1.51. The van der Waals surface area contributed by atoms with Crippen molar-refractivity contribution in [3.63, 3.8) is 0 Å². The number of carbonyl (C=O) groups is 1. The zero-order valence-corrected chi connectivity index (χ0v) is 9.69. The fourth-order valence-corrected chi connectivity index (χ4v) is 1.51. The van der Waals surface area contributed by atoms with Gasteiger partial charge in [0.05, 0.1) is 5.56 Å². The van der Waals surface area contributed by atoms with E-state index in [-0.39, 0.29) is 17.1 Å². The Morgan fingerprint density at radius 3 is 2.53 bits per heavy atom. The summed E-state index contributed by atoms with van der Waals surface area (Å²) in [5.74, 6) is -3.35. The van der Waals surface area contributed by atoms with Crippen LogP contribution in [0, 0.1) is 11.6 Å². The molecule has 2 aromatic carbocycles. The van der Waals surface area contributed by atoms with E-state index in [0.29, 0.717) is 5.69 Å². The lowest BCUT2D eigenvalue weighted by Gasteiger charge is -2.10. The lowest BCUT2D eigenvalue weighted by molar-refractivity contribution is 0.0998. The summed E-state index contributed by atoms with van der Waals surface area (Å²) in [6, 6.07) is 7.58. The predicted octanol–water partition coefficient (Wildman–Crippen LogP) is 2.44. The normalized spacial score (nSPS) is 10.2. The third-order valence-corrected chi connectivity index (χ3v) is 2.41. The molecule has 4 nitrogen and oxygen atoms in total. The van der Waals surface area contributed by atoms with Crippen LogP contribution in [0.5, 0.6) is 11.5 Å². The average Bonchev–Trinajstić information content (AvgIpc) is 2.35. The zero-order chi connectivity index (χ0) is 14.0. The Balaban J connectivity index is 2.45. The van der Waals surface area contributed by atoms with Gasteiger partial charge >= 0.3 is 0 Å². The van der Waals surface area contributed by atoms with Crippen LogP contribution >= 0.6 is 0 Å². The third kappa shape index (κ3) is 2.62. The topological polar surface area (TPSA) is 78.3 Å². The van der Waals surface area contributed by atoms with Gasteiger partial charge in [-0.1, -0.05) is 6.07 Å². The van der Waals surface area contributed by atoms with Gasteiger partial charge in [-0.25, -0.2) is 4.39 Å². The van der Waals surface area contributed by atoms with Crippen LogP contribution < -0.4 is 16.2 Å². The summed E-state index contributed by atoms with van der Waals surface area (Å²) in [6.45, 7) is 0. The molecule has 0 atom stereocenters. The van der Waals surface area contributed by atoms with Gasteiger partial charge in [0.1, 0.15) is 5.75 Å². The smallest absolute Gasteiger partial charge is 0.252 e. The zero-order valence-electron chi connectivity index (χ0n) is 9.69. The number of primary amides is 1. The Kier molecular flexibility index (Phi) is 3.33. The van der Waals surface area contributed by atoms with Gasteiger partial charge < -0.3 is 16.2 Å². The average molecular weight is 264 g/mol. The molecular formula is C13H10F2N2O2. The van der Waals surface area contributed by atoms with Crippen molar-refractivity contribution in [3.05, 3.63) is 53.6 Å². The molecule has 0 spiro atoms.